The van der Waals surface area contributed by atoms with Gasteiger partial charge in [0.25, 0.3) is 0 Å². The second-order valence-electron chi connectivity index (χ2n) is 4.69. The van der Waals surface area contributed by atoms with Crippen molar-refractivity contribution in [3.8, 4) is 0 Å². The average Bonchev–Trinajstić information content (AvgIpc) is 2.41. The number of aryl methyl sites for hydroxylation is 1. The summed E-state index contributed by atoms with van der Waals surface area (Å²) >= 11 is 0. The van der Waals surface area contributed by atoms with Crippen molar-refractivity contribution >= 4 is 11.7 Å². The van der Waals surface area contributed by atoms with Crippen LogP contribution in [0.15, 0.2) is 48.5 Å². The SMILES string of the molecule is Cc1ccc(CN(CC(=O)O)c2ccccc2F)cc1. The number of halogens is 1. The third kappa shape index (κ3) is 3.57. The summed E-state index contributed by atoms with van der Waals surface area (Å²) in [6.45, 7) is 2.10. The number of aliphatic carboxylic acids is 1. The topological polar surface area (TPSA) is 40.5 Å². The average molecular weight is 273 g/mol. The third-order valence-corrected chi connectivity index (χ3v) is 3.01. The molecular formula is C16H16FNO2. The maximum Gasteiger partial charge on any atom is 0.323 e. The first kappa shape index (κ1) is 14.1. The highest BCUT2D eigenvalue weighted by Gasteiger charge is 2.14. The van der Waals surface area contributed by atoms with E-state index in [1.54, 1.807) is 18.2 Å². The third-order valence-electron chi connectivity index (χ3n) is 3.01. The predicted molar refractivity (Wildman–Crippen MR) is 76.3 cm³/mol. The van der Waals surface area contributed by atoms with Crippen LogP contribution in [0.2, 0.25) is 0 Å². The molecule has 1 N–H and O–H groups in total. The van der Waals surface area contributed by atoms with Gasteiger partial charge in [0.05, 0.1) is 5.69 Å². The molecule has 0 fully saturated rings. The molecule has 0 amide bonds. The van der Waals surface area contributed by atoms with E-state index in [2.05, 4.69) is 0 Å². The molecule has 0 aliphatic rings. The first-order valence-electron chi connectivity index (χ1n) is 6.33. The zero-order valence-electron chi connectivity index (χ0n) is 11.2. The van der Waals surface area contributed by atoms with E-state index in [1.165, 1.54) is 11.0 Å². The molecule has 2 aromatic carbocycles. The van der Waals surface area contributed by atoms with Crippen molar-refractivity contribution in [1.82, 2.24) is 0 Å². The Hall–Kier alpha value is -2.36. The van der Waals surface area contributed by atoms with E-state index in [0.717, 1.165) is 11.1 Å². The monoisotopic (exact) mass is 273 g/mol. The molecule has 0 spiro atoms. The Labute approximate surface area is 117 Å². The Morgan fingerprint density at radius 3 is 2.40 bits per heavy atom. The minimum absolute atomic E-state index is 0.241. The molecule has 0 heterocycles. The van der Waals surface area contributed by atoms with Gasteiger partial charge in [-0.15, -0.1) is 0 Å². The van der Waals surface area contributed by atoms with E-state index in [9.17, 15) is 9.18 Å². The zero-order chi connectivity index (χ0) is 14.5. The van der Waals surface area contributed by atoms with Crippen molar-refractivity contribution in [3.63, 3.8) is 0 Å². The summed E-state index contributed by atoms with van der Waals surface area (Å²) in [6, 6.07) is 14.0. The van der Waals surface area contributed by atoms with Gasteiger partial charge in [0, 0.05) is 6.54 Å². The highest BCUT2D eigenvalue weighted by Crippen LogP contribution is 2.21. The molecular weight excluding hydrogens is 257 g/mol. The van der Waals surface area contributed by atoms with Crippen molar-refractivity contribution in [1.29, 1.82) is 0 Å². The highest BCUT2D eigenvalue weighted by atomic mass is 19.1. The van der Waals surface area contributed by atoms with E-state index < -0.39 is 11.8 Å². The van der Waals surface area contributed by atoms with Crippen LogP contribution < -0.4 is 4.90 Å². The fourth-order valence-electron chi connectivity index (χ4n) is 2.01. The van der Waals surface area contributed by atoms with Gasteiger partial charge < -0.3 is 10.0 Å². The summed E-state index contributed by atoms with van der Waals surface area (Å²) in [5, 5.41) is 8.99. The lowest BCUT2D eigenvalue weighted by molar-refractivity contribution is -0.135. The van der Waals surface area contributed by atoms with E-state index >= 15 is 0 Å². The summed E-state index contributed by atoms with van der Waals surface area (Å²) in [7, 11) is 0. The Bertz CT molecular complexity index is 596. The van der Waals surface area contributed by atoms with E-state index in [0.29, 0.717) is 12.2 Å². The molecule has 20 heavy (non-hydrogen) atoms. The van der Waals surface area contributed by atoms with Gasteiger partial charge in [-0.1, -0.05) is 42.0 Å². The second kappa shape index (κ2) is 6.19. The Morgan fingerprint density at radius 2 is 1.80 bits per heavy atom. The summed E-state index contributed by atoms with van der Waals surface area (Å²) in [5.41, 5.74) is 2.38. The first-order chi connectivity index (χ1) is 9.56. The van der Waals surface area contributed by atoms with Crippen molar-refractivity contribution in [2.24, 2.45) is 0 Å². The number of carboxylic acid groups (broad SMARTS) is 1. The number of para-hydroxylation sites is 1. The largest absolute Gasteiger partial charge is 0.480 e. The van der Waals surface area contributed by atoms with Gasteiger partial charge in [-0.25, -0.2) is 4.39 Å². The van der Waals surface area contributed by atoms with Crippen LogP contribution in [-0.4, -0.2) is 17.6 Å². The lowest BCUT2D eigenvalue weighted by Crippen LogP contribution is -2.29. The number of rotatable bonds is 5. The molecule has 0 aliphatic heterocycles. The number of carbonyl (C=O) groups is 1. The summed E-state index contributed by atoms with van der Waals surface area (Å²) in [5.74, 6) is -1.40. The second-order valence-corrected chi connectivity index (χ2v) is 4.69. The van der Waals surface area contributed by atoms with E-state index in [-0.39, 0.29) is 6.54 Å². The lowest BCUT2D eigenvalue weighted by atomic mass is 10.1. The fourth-order valence-corrected chi connectivity index (χ4v) is 2.01. The Kier molecular flexibility index (Phi) is 4.35. The van der Waals surface area contributed by atoms with Crippen LogP contribution in [0.4, 0.5) is 10.1 Å². The molecule has 0 saturated carbocycles. The van der Waals surface area contributed by atoms with E-state index in [1.807, 2.05) is 31.2 Å². The number of nitrogens with zero attached hydrogens (tertiary/aromatic N) is 1. The molecule has 0 unspecified atom stereocenters. The smallest absolute Gasteiger partial charge is 0.323 e. The molecule has 2 rings (SSSR count). The number of hydrogen-bond acceptors (Lipinski definition) is 2. The van der Waals surface area contributed by atoms with Crippen LogP contribution >= 0.6 is 0 Å². The molecule has 0 bridgehead atoms. The van der Waals surface area contributed by atoms with Crippen LogP contribution in [0.1, 0.15) is 11.1 Å². The molecule has 104 valence electrons. The molecule has 3 nitrogen and oxygen atoms in total. The maximum atomic E-state index is 13.8. The van der Waals surface area contributed by atoms with E-state index in [4.69, 9.17) is 5.11 Å². The van der Waals surface area contributed by atoms with Crippen molar-refractivity contribution in [2.75, 3.05) is 11.4 Å². The lowest BCUT2D eigenvalue weighted by Gasteiger charge is -2.23. The van der Waals surface area contributed by atoms with Gasteiger partial charge in [0.1, 0.15) is 12.4 Å². The standard InChI is InChI=1S/C16H16FNO2/c1-12-6-8-13(9-7-12)10-18(11-16(19)20)15-5-3-2-4-14(15)17/h2-9H,10-11H2,1H3,(H,19,20). The molecule has 0 atom stereocenters. The molecule has 0 aromatic heterocycles. The van der Waals surface area contributed by atoms with Crippen LogP contribution in [0, 0.1) is 12.7 Å². The Morgan fingerprint density at radius 1 is 1.15 bits per heavy atom. The number of benzene rings is 2. The summed E-state index contributed by atoms with van der Waals surface area (Å²) < 4.78 is 13.8. The molecule has 2 aromatic rings. The van der Waals surface area contributed by atoms with Gasteiger partial charge in [-0.2, -0.15) is 0 Å². The van der Waals surface area contributed by atoms with Crippen LogP contribution in [0.25, 0.3) is 0 Å². The van der Waals surface area contributed by atoms with Gasteiger partial charge >= 0.3 is 5.97 Å². The van der Waals surface area contributed by atoms with Crippen LogP contribution in [-0.2, 0) is 11.3 Å². The first-order valence-corrected chi connectivity index (χ1v) is 6.33. The quantitative estimate of drug-likeness (QED) is 0.909. The van der Waals surface area contributed by atoms with Crippen LogP contribution in [0.3, 0.4) is 0 Å². The molecule has 0 saturated heterocycles. The Balaban J connectivity index is 2.26. The van der Waals surface area contributed by atoms with Crippen molar-refractivity contribution in [2.45, 2.75) is 13.5 Å². The number of anilines is 1. The molecule has 0 aliphatic carbocycles. The zero-order valence-corrected chi connectivity index (χ0v) is 11.2. The summed E-state index contributed by atoms with van der Waals surface area (Å²) in [4.78, 5) is 12.5. The van der Waals surface area contributed by atoms with Crippen molar-refractivity contribution in [3.05, 3.63) is 65.5 Å². The maximum absolute atomic E-state index is 13.8. The minimum Gasteiger partial charge on any atom is -0.480 e. The van der Waals surface area contributed by atoms with Gasteiger partial charge in [-0.05, 0) is 24.6 Å². The highest BCUT2D eigenvalue weighted by molar-refractivity contribution is 5.73. The normalized spacial score (nSPS) is 10.3. The predicted octanol–water partition coefficient (Wildman–Crippen LogP) is 3.23. The fraction of sp³-hybridized carbons (Fsp3) is 0.188. The summed E-state index contributed by atoms with van der Waals surface area (Å²) in [6.07, 6.45) is 0. The number of hydrogen-bond donors (Lipinski definition) is 1. The number of carboxylic acids is 1. The van der Waals surface area contributed by atoms with Gasteiger partial charge in [-0.3, -0.25) is 4.79 Å². The molecule has 4 heteroatoms. The minimum atomic E-state index is -0.986. The van der Waals surface area contributed by atoms with Gasteiger partial charge in [0.2, 0.25) is 0 Å². The van der Waals surface area contributed by atoms with Crippen molar-refractivity contribution < 1.29 is 14.3 Å². The molecule has 0 radical (unpaired) electrons. The van der Waals surface area contributed by atoms with Crippen LogP contribution in [0.5, 0.6) is 0 Å². The van der Waals surface area contributed by atoms with Gasteiger partial charge in [0.15, 0.2) is 0 Å².